The minimum atomic E-state index is -0.509. The topological polar surface area (TPSA) is 83.0 Å². The number of aromatic hydroxyl groups is 1. The second-order valence-corrected chi connectivity index (χ2v) is 11.2. The first-order chi connectivity index (χ1) is 17.1. The molecule has 2 aromatic rings. The summed E-state index contributed by atoms with van der Waals surface area (Å²) in [6.07, 6.45) is 5.01. The van der Waals surface area contributed by atoms with Crippen LogP contribution in [0.3, 0.4) is 0 Å². The zero-order valence-electron chi connectivity index (χ0n) is 22.2. The zero-order valence-corrected chi connectivity index (χ0v) is 22.2. The molecule has 1 saturated heterocycles. The van der Waals surface area contributed by atoms with Gasteiger partial charge in [0.2, 0.25) is 0 Å². The first-order valence-corrected chi connectivity index (χ1v) is 13.1. The van der Waals surface area contributed by atoms with Gasteiger partial charge in [0.1, 0.15) is 17.0 Å². The maximum absolute atomic E-state index is 12.8. The van der Waals surface area contributed by atoms with Crippen LogP contribution in [0.5, 0.6) is 5.75 Å². The Morgan fingerprint density at radius 3 is 2.42 bits per heavy atom. The van der Waals surface area contributed by atoms with Crippen LogP contribution in [-0.2, 0) is 11.2 Å². The van der Waals surface area contributed by atoms with Gasteiger partial charge in [0.15, 0.2) is 0 Å². The number of pyridine rings is 1. The van der Waals surface area contributed by atoms with Gasteiger partial charge in [0, 0.05) is 49.9 Å². The predicted octanol–water partition coefficient (Wildman–Crippen LogP) is 5.36. The van der Waals surface area contributed by atoms with Gasteiger partial charge >= 0.3 is 6.09 Å². The number of amides is 2. The molecule has 0 saturated carbocycles. The number of rotatable bonds is 4. The van der Waals surface area contributed by atoms with Gasteiger partial charge in [-0.25, -0.2) is 4.79 Å². The van der Waals surface area contributed by atoms with E-state index in [1.165, 1.54) is 17.2 Å². The van der Waals surface area contributed by atoms with Gasteiger partial charge in [-0.15, -0.1) is 0 Å². The minimum Gasteiger partial charge on any atom is -0.508 e. The highest BCUT2D eigenvalue weighted by Gasteiger charge is 2.43. The van der Waals surface area contributed by atoms with Crippen LogP contribution in [0.15, 0.2) is 36.5 Å². The van der Waals surface area contributed by atoms with E-state index in [2.05, 4.69) is 23.2 Å². The molecular weight excluding hydrogens is 454 g/mol. The van der Waals surface area contributed by atoms with Crippen molar-refractivity contribution in [1.29, 1.82) is 0 Å². The summed E-state index contributed by atoms with van der Waals surface area (Å²) in [5, 5.41) is 11.1. The largest absolute Gasteiger partial charge is 0.508 e. The number of piperidine rings is 1. The van der Waals surface area contributed by atoms with Crippen molar-refractivity contribution in [2.24, 2.45) is 5.41 Å². The van der Waals surface area contributed by atoms with Crippen molar-refractivity contribution in [3.05, 3.63) is 58.9 Å². The maximum Gasteiger partial charge on any atom is 0.410 e. The normalized spacial score (nSPS) is 19.0. The maximum atomic E-state index is 12.8. The number of nitrogens with zero attached hydrogens (tertiary/aromatic N) is 3. The summed E-state index contributed by atoms with van der Waals surface area (Å²) < 4.78 is 5.59. The van der Waals surface area contributed by atoms with Crippen LogP contribution in [0, 0.1) is 5.41 Å². The third kappa shape index (κ3) is 5.35. The van der Waals surface area contributed by atoms with E-state index in [1.54, 1.807) is 11.1 Å². The van der Waals surface area contributed by atoms with Gasteiger partial charge in [-0.2, -0.15) is 0 Å². The van der Waals surface area contributed by atoms with Crippen molar-refractivity contribution < 1.29 is 19.4 Å². The molecule has 7 nitrogen and oxygen atoms in total. The predicted molar refractivity (Wildman–Crippen MR) is 139 cm³/mol. The third-order valence-electron chi connectivity index (χ3n) is 7.67. The minimum absolute atomic E-state index is 0.0202. The fourth-order valence-electron chi connectivity index (χ4n) is 5.72. The molecule has 0 radical (unpaired) electrons. The molecule has 1 atom stereocenters. The lowest BCUT2D eigenvalue weighted by atomic mass is 9.61. The van der Waals surface area contributed by atoms with E-state index in [-0.39, 0.29) is 34.8 Å². The Labute approximate surface area is 214 Å². The number of ether oxygens (including phenoxy) is 1. The van der Waals surface area contributed by atoms with Crippen molar-refractivity contribution in [1.82, 2.24) is 14.8 Å². The van der Waals surface area contributed by atoms with Gasteiger partial charge in [-0.05, 0) is 76.8 Å². The van der Waals surface area contributed by atoms with Crippen LogP contribution >= 0.6 is 0 Å². The Morgan fingerprint density at radius 2 is 1.81 bits per heavy atom. The summed E-state index contributed by atoms with van der Waals surface area (Å²) in [6.45, 7) is 12.0. The van der Waals surface area contributed by atoms with Crippen molar-refractivity contribution in [3.63, 3.8) is 0 Å². The Balaban J connectivity index is 1.59. The lowest BCUT2D eigenvalue weighted by Gasteiger charge is -2.47. The molecule has 4 rings (SSSR count). The Kier molecular flexibility index (Phi) is 7.30. The van der Waals surface area contributed by atoms with E-state index in [0.717, 1.165) is 31.2 Å². The first-order valence-electron chi connectivity index (χ1n) is 13.1. The fourth-order valence-corrected chi connectivity index (χ4v) is 5.72. The van der Waals surface area contributed by atoms with Gasteiger partial charge in [-0.3, -0.25) is 9.78 Å². The molecule has 36 heavy (non-hydrogen) atoms. The van der Waals surface area contributed by atoms with Crippen LogP contribution in [0.1, 0.15) is 87.0 Å². The van der Waals surface area contributed by atoms with E-state index >= 15 is 0 Å². The number of carbonyl (C=O) groups is 2. The molecule has 1 aliphatic heterocycles. The van der Waals surface area contributed by atoms with E-state index in [9.17, 15) is 14.7 Å². The molecule has 2 heterocycles. The van der Waals surface area contributed by atoms with Crippen molar-refractivity contribution in [2.45, 2.75) is 71.8 Å². The van der Waals surface area contributed by atoms with Crippen LogP contribution in [-0.4, -0.2) is 63.7 Å². The first kappa shape index (κ1) is 26.0. The molecule has 194 valence electrons. The van der Waals surface area contributed by atoms with E-state index in [4.69, 9.17) is 4.74 Å². The molecule has 1 aromatic heterocycles. The van der Waals surface area contributed by atoms with Gasteiger partial charge < -0.3 is 19.6 Å². The van der Waals surface area contributed by atoms with Crippen LogP contribution in [0.25, 0.3) is 0 Å². The number of likely N-dealkylation sites (tertiary alicyclic amines) is 1. The number of fused-ring (bicyclic) bond motifs is 1. The molecule has 1 spiro atoms. The second kappa shape index (κ2) is 10.1. The Bertz CT molecular complexity index is 1110. The lowest BCUT2D eigenvalue weighted by molar-refractivity contribution is 0.00744. The summed E-state index contributed by atoms with van der Waals surface area (Å²) in [6, 6.07) is 9.93. The standard InChI is InChI=1S/C29H39N3O4/c1-6-31(7-2)26(34)24-16-25(33)23(19-30-24)22-18-29(17-20-10-8-9-11-21(20)22)12-14-32(15-13-29)27(35)36-28(3,4)5/h8-11,16,19,22H,6-7,12-15,17-18H2,1-5H3,(H,30,33). The molecule has 1 aliphatic carbocycles. The van der Waals surface area contributed by atoms with E-state index < -0.39 is 5.60 Å². The molecule has 2 amide bonds. The van der Waals surface area contributed by atoms with Crippen LogP contribution in [0.2, 0.25) is 0 Å². The summed E-state index contributed by atoms with van der Waals surface area (Å²) in [5.41, 5.74) is 3.03. The van der Waals surface area contributed by atoms with Crippen LogP contribution in [0.4, 0.5) is 4.79 Å². The molecule has 1 aromatic carbocycles. The summed E-state index contributed by atoms with van der Waals surface area (Å²) in [5.74, 6) is -0.0754. The highest BCUT2D eigenvalue weighted by molar-refractivity contribution is 5.92. The number of carbonyl (C=O) groups excluding carboxylic acids is 2. The molecular formula is C29H39N3O4. The average Bonchev–Trinajstić information content (AvgIpc) is 2.83. The van der Waals surface area contributed by atoms with Crippen molar-refractivity contribution >= 4 is 12.0 Å². The summed E-state index contributed by atoms with van der Waals surface area (Å²) in [7, 11) is 0. The molecule has 7 heteroatoms. The highest BCUT2D eigenvalue weighted by atomic mass is 16.6. The van der Waals surface area contributed by atoms with Gasteiger partial charge in [0.25, 0.3) is 5.91 Å². The van der Waals surface area contributed by atoms with Crippen LogP contribution < -0.4 is 0 Å². The molecule has 0 bridgehead atoms. The second-order valence-electron chi connectivity index (χ2n) is 11.2. The Morgan fingerprint density at radius 1 is 1.14 bits per heavy atom. The third-order valence-corrected chi connectivity index (χ3v) is 7.67. The quantitative estimate of drug-likeness (QED) is 0.620. The molecule has 2 aliphatic rings. The number of hydrogen-bond donors (Lipinski definition) is 1. The van der Waals surface area contributed by atoms with Crippen molar-refractivity contribution in [3.8, 4) is 5.75 Å². The van der Waals surface area contributed by atoms with Gasteiger partial charge in [-0.1, -0.05) is 24.3 Å². The molecule has 1 fully saturated rings. The van der Waals surface area contributed by atoms with Crippen molar-refractivity contribution in [2.75, 3.05) is 26.2 Å². The highest BCUT2D eigenvalue weighted by Crippen LogP contribution is 2.51. The SMILES string of the molecule is CCN(CC)C(=O)c1cc(O)c(C2CC3(CCN(C(=O)OC(C)(C)C)CC3)Cc3ccccc32)cn1. The van der Waals surface area contributed by atoms with E-state index in [1.807, 2.05) is 45.6 Å². The zero-order chi connectivity index (χ0) is 26.1. The number of aromatic nitrogens is 1. The number of hydrogen-bond acceptors (Lipinski definition) is 5. The fraction of sp³-hybridized carbons (Fsp3) is 0.552. The van der Waals surface area contributed by atoms with E-state index in [0.29, 0.717) is 26.2 Å². The average molecular weight is 494 g/mol. The van der Waals surface area contributed by atoms with Gasteiger partial charge in [0.05, 0.1) is 0 Å². The lowest BCUT2D eigenvalue weighted by Crippen LogP contribution is -2.47. The smallest absolute Gasteiger partial charge is 0.410 e. The summed E-state index contributed by atoms with van der Waals surface area (Å²) >= 11 is 0. The monoisotopic (exact) mass is 493 g/mol. The summed E-state index contributed by atoms with van der Waals surface area (Å²) in [4.78, 5) is 33.4. The molecule has 1 unspecified atom stereocenters. The Hall–Kier alpha value is -3.09. The molecule has 1 N–H and O–H groups in total. The number of benzene rings is 1.